The predicted molar refractivity (Wildman–Crippen MR) is 100 cm³/mol. The maximum Gasteiger partial charge on any atom is 0.245 e. The van der Waals surface area contributed by atoms with Gasteiger partial charge in [-0.25, -0.2) is 9.07 Å². The highest BCUT2D eigenvalue weighted by Crippen LogP contribution is 2.33. The molecule has 1 aliphatic heterocycles. The van der Waals surface area contributed by atoms with Gasteiger partial charge in [-0.05, 0) is 49.8 Å². The molecule has 1 aromatic carbocycles. The van der Waals surface area contributed by atoms with Crippen molar-refractivity contribution in [3.8, 4) is 0 Å². The van der Waals surface area contributed by atoms with Gasteiger partial charge in [-0.1, -0.05) is 18.9 Å². The number of aryl methyl sites for hydroxylation is 1. The summed E-state index contributed by atoms with van der Waals surface area (Å²) in [6, 6.07) is 5.53. The lowest BCUT2D eigenvalue weighted by molar-refractivity contribution is -0.115. The first-order chi connectivity index (χ1) is 12.6. The number of anilines is 2. The number of hydrogen-bond donors (Lipinski definition) is 1. The van der Waals surface area contributed by atoms with E-state index in [1.165, 1.54) is 18.9 Å². The van der Waals surface area contributed by atoms with Gasteiger partial charge in [-0.15, -0.1) is 0 Å². The fourth-order valence-corrected chi connectivity index (χ4v) is 4.29. The van der Waals surface area contributed by atoms with Crippen molar-refractivity contribution in [2.24, 2.45) is 0 Å². The quantitative estimate of drug-likeness (QED) is 0.906. The molecule has 5 nitrogen and oxygen atoms in total. The molecule has 4 rings (SSSR count). The standard InChI is InChI=1S/C20H25FN4O/c1-14-8-9-17(21)20-16(14)7-4-12-24(20)13-19(26)23-18-10-11-22-25(18)15-5-2-3-6-15/h8-11,15H,2-7,12-13H2,1H3,(H,23,26). The van der Waals surface area contributed by atoms with Crippen molar-refractivity contribution in [1.82, 2.24) is 9.78 Å². The maximum absolute atomic E-state index is 14.4. The minimum absolute atomic E-state index is 0.126. The van der Waals surface area contributed by atoms with Gasteiger partial charge in [0.2, 0.25) is 5.91 Å². The molecule has 1 fully saturated rings. The second kappa shape index (κ2) is 7.09. The summed E-state index contributed by atoms with van der Waals surface area (Å²) in [5.41, 5.74) is 2.71. The van der Waals surface area contributed by atoms with E-state index in [1.807, 2.05) is 28.6 Å². The van der Waals surface area contributed by atoms with Crippen molar-refractivity contribution in [2.75, 3.05) is 23.3 Å². The third-order valence-electron chi connectivity index (χ3n) is 5.58. The number of rotatable bonds is 4. The van der Waals surface area contributed by atoms with Crippen molar-refractivity contribution in [2.45, 2.75) is 51.5 Å². The average molecular weight is 356 g/mol. The average Bonchev–Trinajstić information content (AvgIpc) is 3.29. The van der Waals surface area contributed by atoms with Crippen molar-refractivity contribution in [3.05, 3.63) is 41.3 Å². The van der Waals surface area contributed by atoms with E-state index in [2.05, 4.69) is 10.4 Å². The molecule has 0 spiro atoms. The van der Waals surface area contributed by atoms with E-state index in [-0.39, 0.29) is 18.3 Å². The van der Waals surface area contributed by atoms with Gasteiger partial charge in [0.05, 0.1) is 24.5 Å². The van der Waals surface area contributed by atoms with Crippen LogP contribution in [-0.2, 0) is 11.2 Å². The second-order valence-electron chi connectivity index (χ2n) is 7.36. The SMILES string of the molecule is Cc1ccc(F)c2c1CCCN2CC(=O)Nc1ccnn1C1CCCC1. The number of halogens is 1. The van der Waals surface area contributed by atoms with E-state index >= 15 is 0 Å². The molecule has 2 heterocycles. The topological polar surface area (TPSA) is 50.2 Å². The van der Waals surface area contributed by atoms with Crippen molar-refractivity contribution >= 4 is 17.4 Å². The predicted octanol–water partition coefficient (Wildman–Crippen LogP) is 3.84. The molecule has 0 atom stereocenters. The molecule has 138 valence electrons. The summed E-state index contributed by atoms with van der Waals surface area (Å²) in [4.78, 5) is 14.5. The molecule has 0 saturated heterocycles. The Hall–Kier alpha value is -2.37. The Labute approximate surface area is 153 Å². The van der Waals surface area contributed by atoms with Gasteiger partial charge in [-0.2, -0.15) is 5.10 Å². The highest BCUT2D eigenvalue weighted by atomic mass is 19.1. The van der Waals surface area contributed by atoms with E-state index < -0.39 is 0 Å². The molecule has 1 aliphatic carbocycles. The van der Waals surface area contributed by atoms with E-state index in [4.69, 9.17) is 0 Å². The highest BCUT2D eigenvalue weighted by Gasteiger charge is 2.25. The minimum Gasteiger partial charge on any atom is -0.360 e. The summed E-state index contributed by atoms with van der Waals surface area (Å²) in [6.07, 6.45) is 8.16. The molecule has 1 N–H and O–H groups in total. The summed E-state index contributed by atoms with van der Waals surface area (Å²) in [7, 11) is 0. The number of nitrogens with one attached hydrogen (secondary N) is 1. The van der Waals surface area contributed by atoms with Gasteiger partial charge in [0, 0.05) is 12.6 Å². The first-order valence-electron chi connectivity index (χ1n) is 9.50. The first kappa shape index (κ1) is 17.1. The van der Waals surface area contributed by atoms with Crippen LogP contribution >= 0.6 is 0 Å². The molecule has 0 radical (unpaired) electrons. The normalized spacial score (nSPS) is 17.4. The van der Waals surface area contributed by atoms with Crippen LogP contribution in [0.15, 0.2) is 24.4 Å². The maximum atomic E-state index is 14.4. The number of hydrogen-bond acceptors (Lipinski definition) is 3. The van der Waals surface area contributed by atoms with Gasteiger partial charge in [0.25, 0.3) is 0 Å². The fraction of sp³-hybridized carbons (Fsp3) is 0.500. The van der Waals surface area contributed by atoms with Crippen LogP contribution in [0.4, 0.5) is 15.9 Å². The number of aromatic nitrogens is 2. The fourth-order valence-electron chi connectivity index (χ4n) is 4.29. The molecule has 6 heteroatoms. The molecule has 0 bridgehead atoms. The van der Waals surface area contributed by atoms with Gasteiger partial charge in [0.1, 0.15) is 11.6 Å². The van der Waals surface area contributed by atoms with E-state index in [0.717, 1.165) is 42.6 Å². The zero-order valence-corrected chi connectivity index (χ0v) is 15.2. The Bertz CT molecular complexity index is 810. The van der Waals surface area contributed by atoms with Gasteiger partial charge in [0.15, 0.2) is 0 Å². The van der Waals surface area contributed by atoms with Crippen LogP contribution in [0.25, 0.3) is 0 Å². The van der Waals surface area contributed by atoms with E-state index in [9.17, 15) is 9.18 Å². The zero-order valence-electron chi connectivity index (χ0n) is 15.2. The number of carbonyl (C=O) groups excluding carboxylic acids is 1. The van der Waals surface area contributed by atoms with Crippen LogP contribution in [0.3, 0.4) is 0 Å². The molecular formula is C20H25FN4O. The zero-order chi connectivity index (χ0) is 18.1. The third kappa shape index (κ3) is 3.20. The number of benzene rings is 1. The lowest BCUT2D eigenvalue weighted by Gasteiger charge is -2.32. The summed E-state index contributed by atoms with van der Waals surface area (Å²) < 4.78 is 16.3. The van der Waals surface area contributed by atoms with Crippen LogP contribution in [0.2, 0.25) is 0 Å². The molecule has 2 aromatic rings. The summed E-state index contributed by atoms with van der Waals surface area (Å²) in [5, 5.41) is 7.37. The Morgan fingerprint density at radius 2 is 2.08 bits per heavy atom. The monoisotopic (exact) mass is 356 g/mol. The van der Waals surface area contributed by atoms with Crippen molar-refractivity contribution in [3.63, 3.8) is 0 Å². The minimum atomic E-state index is -0.242. The number of amides is 1. The van der Waals surface area contributed by atoms with E-state index in [1.54, 1.807) is 6.20 Å². The highest BCUT2D eigenvalue weighted by molar-refractivity contribution is 5.93. The smallest absolute Gasteiger partial charge is 0.245 e. The van der Waals surface area contributed by atoms with Crippen LogP contribution in [0.5, 0.6) is 0 Å². The van der Waals surface area contributed by atoms with Crippen LogP contribution < -0.4 is 10.2 Å². The molecule has 1 amide bonds. The molecular weight excluding hydrogens is 331 g/mol. The number of nitrogens with zero attached hydrogens (tertiary/aromatic N) is 3. The Morgan fingerprint density at radius 3 is 2.88 bits per heavy atom. The van der Waals surface area contributed by atoms with Crippen molar-refractivity contribution in [1.29, 1.82) is 0 Å². The number of fused-ring (bicyclic) bond motifs is 1. The Balaban J connectivity index is 1.49. The Kier molecular flexibility index (Phi) is 4.66. The van der Waals surface area contributed by atoms with Gasteiger partial charge >= 0.3 is 0 Å². The second-order valence-corrected chi connectivity index (χ2v) is 7.36. The van der Waals surface area contributed by atoms with Crippen molar-refractivity contribution < 1.29 is 9.18 Å². The van der Waals surface area contributed by atoms with Crippen LogP contribution in [0, 0.1) is 12.7 Å². The third-order valence-corrected chi connectivity index (χ3v) is 5.58. The lowest BCUT2D eigenvalue weighted by Crippen LogP contribution is -2.38. The summed E-state index contributed by atoms with van der Waals surface area (Å²) in [6.45, 7) is 2.86. The summed E-state index contributed by atoms with van der Waals surface area (Å²) in [5.74, 6) is 0.372. The molecule has 1 aromatic heterocycles. The summed E-state index contributed by atoms with van der Waals surface area (Å²) >= 11 is 0. The molecule has 26 heavy (non-hydrogen) atoms. The van der Waals surface area contributed by atoms with E-state index in [0.29, 0.717) is 18.3 Å². The van der Waals surface area contributed by atoms with Gasteiger partial charge in [-0.3, -0.25) is 4.79 Å². The van der Waals surface area contributed by atoms with Crippen LogP contribution in [-0.4, -0.2) is 28.8 Å². The van der Waals surface area contributed by atoms with Crippen LogP contribution in [0.1, 0.15) is 49.3 Å². The molecule has 0 unspecified atom stereocenters. The molecule has 2 aliphatic rings. The molecule has 1 saturated carbocycles. The number of carbonyl (C=O) groups is 1. The largest absolute Gasteiger partial charge is 0.360 e. The Morgan fingerprint density at radius 1 is 1.27 bits per heavy atom. The van der Waals surface area contributed by atoms with Gasteiger partial charge < -0.3 is 10.2 Å². The first-order valence-corrected chi connectivity index (χ1v) is 9.50. The lowest BCUT2D eigenvalue weighted by atomic mass is 9.96.